The largest absolute Gasteiger partial charge is 0.469 e. The van der Waals surface area contributed by atoms with Crippen LogP contribution < -0.4 is 0 Å². The van der Waals surface area contributed by atoms with Gasteiger partial charge in [0, 0.05) is 13.1 Å². The molecule has 0 aliphatic carbocycles. The minimum Gasteiger partial charge on any atom is -0.469 e. The van der Waals surface area contributed by atoms with Crippen LogP contribution in [0.25, 0.3) is 0 Å². The van der Waals surface area contributed by atoms with Gasteiger partial charge in [0.05, 0.1) is 18.3 Å². The van der Waals surface area contributed by atoms with E-state index in [1.807, 2.05) is 0 Å². The molecule has 1 aromatic carbocycles. The summed E-state index contributed by atoms with van der Waals surface area (Å²) < 4.78 is 43.8. The SMILES string of the molecule is COC(=O)C(C)(C)CS(=O)(=O)N(C)C(C)c1ccc(F)cc1. The van der Waals surface area contributed by atoms with Crippen molar-refractivity contribution in [2.24, 2.45) is 5.41 Å². The maximum absolute atomic E-state index is 13.0. The standard InChI is InChI=1S/C15H22FNO4S/c1-11(12-6-8-13(16)9-7-12)17(4)22(19,20)10-15(2,3)14(18)21-5/h6-9,11H,10H2,1-5H3. The zero-order valence-corrected chi connectivity index (χ0v) is 14.3. The summed E-state index contributed by atoms with van der Waals surface area (Å²) in [7, 11) is -1.03. The van der Waals surface area contributed by atoms with E-state index in [4.69, 9.17) is 0 Å². The zero-order chi connectivity index (χ0) is 17.1. The molecular formula is C15H22FNO4S. The average Bonchev–Trinajstić information content (AvgIpc) is 2.44. The highest BCUT2D eigenvalue weighted by molar-refractivity contribution is 7.89. The van der Waals surface area contributed by atoms with E-state index in [2.05, 4.69) is 4.74 Å². The lowest BCUT2D eigenvalue weighted by Gasteiger charge is -2.29. The predicted octanol–water partition coefficient (Wildman–Crippen LogP) is 2.35. The van der Waals surface area contributed by atoms with Crippen LogP contribution >= 0.6 is 0 Å². The quantitative estimate of drug-likeness (QED) is 0.751. The summed E-state index contributed by atoms with van der Waals surface area (Å²) in [6, 6.07) is 5.17. The van der Waals surface area contributed by atoms with Crippen LogP contribution in [-0.2, 0) is 19.6 Å². The van der Waals surface area contributed by atoms with Crippen molar-refractivity contribution >= 4 is 16.0 Å². The number of halogens is 1. The molecule has 0 N–H and O–H groups in total. The van der Waals surface area contributed by atoms with Crippen LogP contribution in [0, 0.1) is 11.2 Å². The van der Waals surface area contributed by atoms with Crippen molar-refractivity contribution in [3.63, 3.8) is 0 Å². The Bertz CT molecular complexity index is 625. The fraction of sp³-hybridized carbons (Fsp3) is 0.533. The Balaban J connectivity index is 2.97. The fourth-order valence-electron chi connectivity index (χ4n) is 2.09. The van der Waals surface area contributed by atoms with E-state index in [0.717, 1.165) is 0 Å². The first kappa shape index (κ1) is 18.6. The van der Waals surface area contributed by atoms with Gasteiger partial charge in [0.25, 0.3) is 0 Å². The third-order valence-electron chi connectivity index (χ3n) is 3.62. The van der Waals surface area contributed by atoms with Crippen LogP contribution in [0.15, 0.2) is 24.3 Å². The number of carbonyl (C=O) groups excluding carboxylic acids is 1. The normalized spacial score (nSPS) is 14.0. The number of esters is 1. The van der Waals surface area contributed by atoms with Crippen molar-refractivity contribution in [2.75, 3.05) is 19.9 Å². The first-order valence-electron chi connectivity index (χ1n) is 6.81. The van der Waals surface area contributed by atoms with E-state index in [9.17, 15) is 17.6 Å². The molecule has 7 heteroatoms. The number of hydrogen-bond donors (Lipinski definition) is 0. The van der Waals surface area contributed by atoms with E-state index in [1.165, 1.54) is 56.6 Å². The summed E-state index contributed by atoms with van der Waals surface area (Å²) in [5.74, 6) is -1.33. The Morgan fingerprint density at radius 3 is 2.27 bits per heavy atom. The number of methoxy groups -OCH3 is 1. The molecule has 1 unspecified atom stereocenters. The summed E-state index contributed by atoms with van der Waals surface area (Å²) in [6.07, 6.45) is 0. The Hall–Kier alpha value is -1.47. The zero-order valence-electron chi connectivity index (χ0n) is 13.5. The van der Waals surface area contributed by atoms with Gasteiger partial charge in [-0.1, -0.05) is 12.1 Å². The smallest absolute Gasteiger partial charge is 0.312 e. The summed E-state index contributed by atoms with van der Waals surface area (Å²) >= 11 is 0. The highest BCUT2D eigenvalue weighted by atomic mass is 32.2. The van der Waals surface area contributed by atoms with Gasteiger partial charge in [0.1, 0.15) is 5.82 Å². The first-order valence-corrected chi connectivity index (χ1v) is 8.42. The molecule has 0 saturated carbocycles. The van der Waals surface area contributed by atoms with Crippen molar-refractivity contribution in [2.45, 2.75) is 26.8 Å². The number of ether oxygens (including phenoxy) is 1. The van der Waals surface area contributed by atoms with Crippen molar-refractivity contribution in [1.82, 2.24) is 4.31 Å². The van der Waals surface area contributed by atoms with Crippen LogP contribution in [0.3, 0.4) is 0 Å². The molecule has 0 spiro atoms. The second kappa shape index (κ2) is 6.75. The van der Waals surface area contributed by atoms with Crippen molar-refractivity contribution in [3.8, 4) is 0 Å². The summed E-state index contributed by atoms with van der Waals surface area (Å²) in [5.41, 5.74) is -0.479. The van der Waals surface area contributed by atoms with Gasteiger partial charge in [-0.25, -0.2) is 12.8 Å². The van der Waals surface area contributed by atoms with Crippen LogP contribution in [-0.4, -0.2) is 38.6 Å². The second-order valence-electron chi connectivity index (χ2n) is 5.88. The third-order valence-corrected chi connectivity index (χ3v) is 5.90. The number of carbonyl (C=O) groups is 1. The molecule has 0 saturated heterocycles. The minimum atomic E-state index is -3.69. The van der Waals surface area contributed by atoms with E-state index in [1.54, 1.807) is 6.92 Å². The van der Waals surface area contributed by atoms with Crippen molar-refractivity contribution in [1.29, 1.82) is 0 Å². The summed E-state index contributed by atoms with van der Waals surface area (Å²) in [6.45, 7) is 4.75. The summed E-state index contributed by atoms with van der Waals surface area (Å²) in [5, 5.41) is 0. The minimum absolute atomic E-state index is 0.366. The highest BCUT2D eigenvalue weighted by Crippen LogP contribution is 2.27. The lowest BCUT2D eigenvalue weighted by Crippen LogP contribution is -2.40. The van der Waals surface area contributed by atoms with Gasteiger partial charge < -0.3 is 4.74 Å². The number of benzene rings is 1. The summed E-state index contributed by atoms with van der Waals surface area (Å²) in [4.78, 5) is 11.7. The van der Waals surface area contributed by atoms with Gasteiger partial charge in [-0.2, -0.15) is 4.31 Å². The number of nitrogens with zero attached hydrogens (tertiary/aromatic N) is 1. The lowest BCUT2D eigenvalue weighted by molar-refractivity contribution is -0.149. The molecule has 1 atom stereocenters. The van der Waals surface area contributed by atoms with Gasteiger partial charge in [-0.15, -0.1) is 0 Å². The van der Waals surface area contributed by atoms with E-state index >= 15 is 0 Å². The number of sulfonamides is 1. The number of rotatable bonds is 6. The predicted molar refractivity (Wildman–Crippen MR) is 82.2 cm³/mol. The molecule has 0 bridgehead atoms. The van der Waals surface area contributed by atoms with E-state index < -0.39 is 27.4 Å². The first-order chi connectivity index (χ1) is 10.0. The highest BCUT2D eigenvalue weighted by Gasteiger charge is 2.37. The monoisotopic (exact) mass is 331 g/mol. The van der Waals surface area contributed by atoms with E-state index in [-0.39, 0.29) is 11.6 Å². The molecule has 0 heterocycles. The molecule has 5 nitrogen and oxygen atoms in total. The van der Waals surface area contributed by atoms with Gasteiger partial charge in [-0.3, -0.25) is 4.79 Å². The van der Waals surface area contributed by atoms with Crippen LogP contribution in [0.5, 0.6) is 0 Å². The van der Waals surface area contributed by atoms with Crippen LogP contribution in [0.1, 0.15) is 32.4 Å². The average molecular weight is 331 g/mol. The molecule has 0 radical (unpaired) electrons. The third kappa shape index (κ3) is 4.27. The molecule has 0 fully saturated rings. The van der Waals surface area contributed by atoms with Gasteiger partial charge in [-0.05, 0) is 38.5 Å². The molecule has 1 aromatic rings. The van der Waals surface area contributed by atoms with Gasteiger partial charge >= 0.3 is 5.97 Å². The lowest BCUT2D eigenvalue weighted by atomic mass is 9.97. The van der Waals surface area contributed by atoms with Crippen LogP contribution in [0.4, 0.5) is 4.39 Å². The Morgan fingerprint density at radius 2 is 1.82 bits per heavy atom. The molecule has 124 valence electrons. The maximum Gasteiger partial charge on any atom is 0.312 e. The van der Waals surface area contributed by atoms with Crippen molar-refractivity contribution < 1.29 is 22.3 Å². The molecule has 0 aliphatic heterocycles. The van der Waals surface area contributed by atoms with Gasteiger partial charge in [0.2, 0.25) is 10.0 Å². The molecule has 1 rings (SSSR count). The Kier molecular flexibility index (Phi) is 5.70. The maximum atomic E-state index is 13.0. The Labute approximate surface area is 131 Å². The molecule has 0 aromatic heterocycles. The van der Waals surface area contributed by atoms with Gasteiger partial charge in [0.15, 0.2) is 0 Å². The topological polar surface area (TPSA) is 63.7 Å². The van der Waals surface area contributed by atoms with Crippen LogP contribution in [0.2, 0.25) is 0 Å². The molecule has 0 amide bonds. The molecule has 22 heavy (non-hydrogen) atoms. The fourth-order valence-corrected chi connectivity index (χ4v) is 3.92. The molecular weight excluding hydrogens is 309 g/mol. The van der Waals surface area contributed by atoms with E-state index in [0.29, 0.717) is 5.56 Å². The van der Waals surface area contributed by atoms with Crippen molar-refractivity contribution in [3.05, 3.63) is 35.6 Å². The molecule has 0 aliphatic rings. The number of hydrogen-bond acceptors (Lipinski definition) is 4. The Morgan fingerprint density at radius 1 is 1.32 bits per heavy atom. The second-order valence-corrected chi connectivity index (χ2v) is 7.90.